The summed E-state index contributed by atoms with van der Waals surface area (Å²) in [6, 6.07) is 1.73. The topological polar surface area (TPSA) is 140 Å². The van der Waals surface area contributed by atoms with E-state index in [9.17, 15) is 18.0 Å². The van der Waals surface area contributed by atoms with E-state index in [1.54, 1.807) is 6.07 Å². The first-order chi connectivity index (χ1) is 17.6. The number of alkyl halides is 3. The van der Waals surface area contributed by atoms with E-state index >= 15 is 0 Å². The van der Waals surface area contributed by atoms with Crippen molar-refractivity contribution in [3.63, 3.8) is 0 Å². The Morgan fingerprint density at radius 3 is 2.65 bits per heavy atom. The van der Waals surface area contributed by atoms with Crippen LogP contribution in [-0.2, 0) is 22.4 Å². The standard InChI is InChI=1S/C22H27F3N8O4/c1-3-15-17-18(33(31-15)8-9-36-11-22(23,24)25)19(28-16-10-13(2)26-12-27-16)30-20(29-17)32-6-4-14(5-7-32)37-21(34)35/h10,12,14H,3-9,11H2,1-2H3,(H,34,35)(H,26,27,28,29,30). The second kappa shape index (κ2) is 11.1. The number of halogens is 3. The third-order valence-corrected chi connectivity index (χ3v) is 5.74. The van der Waals surface area contributed by atoms with Crippen LogP contribution in [0.5, 0.6) is 0 Å². The summed E-state index contributed by atoms with van der Waals surface area (Å²) in [5, 5.41) is 16.6. The number of piperidine rings is 1. The molecule has 0 unspecified atom stereocenters. The van der Waals surface area contributed by atoms with E-state index in [1.807, 2.05) is 18.7 Å². The van der Waals surface area contributed by atoms with Crippen molar-refractivity contribution >= 4 is 34.8 Å². The van der Waals surface area contributed by atoms with Gasteiger partial charge in [0.1, 0.15) is 35.9 Å². The molecule has 1 aliphatic rings. The third-order valence-electron chi connectivity index (χ3n) is 5.74. The van der Waals surface area contributed by atoms with Gasteiger partial charge in [0.15, 0.2) is 5.82 Å². The number of carbonyl (C=O) groups is 1. The van der Waals surface area contributed by atoms with Crippen molar-refractivity contribution in [1.29, 1.82) is 0 Å². The van der Waals surface area contributed by atoms with Crippen LogP contribution in [-0.4, -0.2) is 79.6 Å². The van der Waals surface area contributed by atoms with Crippen molar-refractivity contribution in [2.45, 2.75) is 51.9 Å². The van der Waals surface area contributed by atoms with Gasteiger partial charge in [0.2, 0.25) is 5.95 Å². The normalized spacial score (nSPS) is 14.8. The minimum absolute atomic E-state index is 0.0602. The van der Waals surface area contributed by atoms with Gasteiger partial charge in [-0.15, -0.1) is 0 Å². The molecule has 12 nitrogen and oxygen atoms in total. The monoisotopic (exact) mass is 524 g/mol. The zero-order valence-electron chi connectivity index (χ0n) is 20.3. The van der Waals surface area contributed by atoms with E-state index < -0.39 is 25.0 Å². The number of fused-ring (bicyclic) bond motifs is 1. The van der Waals surface area contributed by atoms with Gasteiger partial charge in [-0.05, 0) is 13.3 Å². The molecule has 4 heterocycles. The molecule has 3 aromatic rings. The van der Waals surface area contributed by atoms with Gasteiger partial charge >= 0.3 is 12.3 Å². The summed E-state index contributed by atoms with van der Waals surface area (Å²) in [6.07, 6.45) is -3.21. The summed E-state index contributed by atoms with van der Waals surface area (Å²) in [5.74, 6) is 1.27. The highest BCUT2D eigenvalue weighted by Gasteiger charge is 2.28. The molecule has 0 aliphatic carbocycles. The molecule has 0 atom stereocenters. The van der Waals surface area contributed by atoms with Crippen LogP contribution in [0.15, 0.2) is 12.4 Å². The first-order valence-electron chi connectivity index (χ1n) is 11.7. The lowest BCUT2D eigenvalue weighted by atomic mass is 10.1. The molecule has 0 spiro atoms. The van der Waals surface area contributed by atoms with E-state index in [0.29, 0.717) is 66.7 Å². The van der Waals surface area contributed by atoms with Crippen molar-refractivity contribution < 1.29 is 32.5 Å². The molecule has 0 radical (unpaired) electrons. The minimum atomic E-state index is -4.42. The second-order valence-electron chi connectivity index (χ2n) is 8.50. The van der Waals surface area contributed by atoms with Crippen LogP contribution in [0.3, 0.4) is 0 Å². The molecular formula is C22H27F3N8O4. The van der Waals surface area contributed by atoms with E-state index in [2.05, 4.69) is 20.4 Å². The third kappa shape index (κ3) is 6.72. The van der Waals surface area contributed by atoms with E-state index in [4.69, 9.17) is 24.5 Å². The van der Waals surface area contributed by atoms with Crippen molar-refractivity contribution in [2.75, 3.05) is 36.5 Å². The molecular weight excluding hydrogens is 497 g/mol. The van der Waals surface area contributed by atoms with Gasteiger partial charge in [-0.25, -0.2) is 19.7 Å². The lowest BCUT2D eigenvalue weighted by molar-refractivity contribution is -0.174. The molecule has 0 saturated carbocycles. The Labute approximate surface area is 209 Å². The fourth-order valence-corrected chi connectivity index (χ4v) is 4.06. The fourth-order valence-electron chi connectivity index (χ4n) is 4.06. The highest BCUT2D eigenvalue weighted by Crippen LogP contribution is 2.30. The summed E-state index contributed by atoms with van der Waals surface area (Å²) in [4.78, 5) is 30.6. The number of anilines is 3. The van der Waals surface area contributed by atoms with Crippen LogP contribution in [0, 0.1) is 6.92 Å². The van der Waals surface area contributed by atoms with Crippen LogP contribution >= 0.6 is 0 Å². The zero-order valence-corrected chi connectivity index (χ0v) is 20.3. The van der Waals surface area contributed by atoms with Crippen LogP contribution in [0.4, 0.5) is 35.5 Å². The molecule has 0 aromatic carbocycles. The van der Waals surface area contributed by atoms with Crippen molar-refractivity contribution in [1.82, 2.24) is 29.7 Å². The van der Waals surface area contributed by atoms with Gasteiger partial charge in [-0.3, -0.25) is 4.68 Å². The van der Waals surface area contributed by atoms with Gasteiger partial charge in [0.25, 0.3) is 0 Å². The lowest BCUT2D eigenvalue weighted by Crippen LogP contribution is -2.38. The first-order valence-corrected chi connectivity index (χ1v) is 11.7. The molecule has 37 heavy (non-hydrogen) atoms. The van der Waals surface area contributed by atoms with E-state index in [0.717, 1.165) is 5.69 Å². The van der Waals surface area contributed by atoms with Crippen LogP contribution in [0.25, 0.3) is 11.0 Å². The first kappa shape index (κ1) is 26.3. The Morgan fingerprint density at radius 2 is 2.00 bits per heavy atom. The summed E-state index contributed by atoms with van der Waals surface area (Å²) < 4.78 is 48.8. The number of nitrogens with zero attached hydrogens (tertiary/aromatic N) is 7. The maximum Gasteiger partial charge on any atom is 0.506 e. The van der Waals surface area contributed by atoms with Crippen molar-refractivity contribution in [2.24, 2.45) is 0 Å². The molecule has 1 aliphatic heterocycles. The summed E-state index contributed by atoms with van der Waals surface area (Å²) in [5.41, 5.74) is 2.45. The van der Waals surface area contributed by atoms with Crippen molar-refractivity contribution in [3.8, 4) is 0 Å². The molecule has 0 amide bonds. The number of aromatic nitrogens is 6. The number of nitrogens with one attached hydrogen (secondary N) is 1. The summed E-state index contributed by atoms with van der Waals surface area (Å²) in [6.45, 7) is 3.19. The number of hydrogen-bond donors (Lipinski definition) is 2. The van der Waals surface area contributed by atoms with Gasteiger partial charge in [0.05, 0.1) is 18.8 Å². The van der Waals surface area contributed by atoms with Gasteiger partial charge in [0, 0.05) is 37.7 Å². The molecule has 15 heteroatoms. The molecule has 3 aromatic heterocycles. The van der Waals surface area contributed by atoms with Gasteiger partial charge in [-0.2, -0.15) is 23.3 Å². The van der Waals surface area contributed by atoms with E-state index in [1.165, 1.54) is 11.0 Å². The Kier molecular flexibility index (Phi) is 7.90. The highest BCUT2D eigenvalue weighted by molar-refractivity contribution is 5.90. The minimum Gasteiger partial charge on any atom is -0.450 e. The number of carboxylic acid groups (broad SMARTS) is 1. The average molecular weight is 525 g/mol. The van der Waals surface area contributed by atoms with Crippen LogP contribution < -0.4 is 10.2 Å². The quantitative estimate of drug-likeness (QED) is 0.314. The Balaban J connectivity index is 1.67. The van der Waals surface area contributed by atoms with Gasteiger partial charge < -0.3 is 24.8 Å². The summed E-state index contributed by atoms with van der Waals surface area (Å²) >= 11 is 0. The number of aryl methyl sites for hydroxylation is 2. The molecule has 4 rings (SSSR count). The second-order valence-corrected chi connectivity index (χ2v) is 8.50. The SMILES string of the molecule is CCc1nn(CCOCC(F)(F)F)c2c(Nc3cc(C)ncn3)nc(N3CCC(OC(=O)O)CC3)nc12. The molecule has 200 valence electrons. The molecule has 2 N–H and O–H groups in total. The van der Waals surface area contributed by atoms with Crippen LogP contribution in [0.1, 0.15) is 31.2 Å². The van der Waals surface area contributed by atoms with Gasteiger partial charge in [-0.1, -0.05) is 6.92 Å². The summed E-state index contributed by atoms with van der Waals surface area (Å²) in [7, 11) is 0. The van der Waals surface area contributed by atoms with Crippen LogP contribution in [0.2, 0.25) is 0 Å². The Bertz CT molecular complexity index is 1240. The average Bonchev–Trinajstić information content (AvgIpc) is 3.19. The Hall–Kier alpha value is -3.75. The zero-order chi connectivity index (χ0) is 26.6. The maximum atomic E-state index is 12.5. The predicted molar refractivity (Wildman–Crippen MR) is 126 cm³/mol. The number of rotatable bonds is 9. The van der Waals surface area contributed by atoms with Crippen molar-refractivity contribution in [3.05, 3.63) is 23.8 Å². The highest BCUT2D eigenvalue weighted by atomic mass is 19.4. The van der Waals surface area contributed by atoms with E-state index in [-0.39, 0.29) is 13.2 Å². The molecule has 1 fully saturated rings. The largest absolute Gasteiger partial charge is 0.506 e. The predicted octanol–water partition coefficient (Wildman–Crippen LogP) is 3.47. The maximum absolute atomic E-state index is 12.5. The number of ether oxygens (including phenoxy) is 2. The number of hydrogen-bond acceptors (Lipinski definition) is 10. The fraction of sp³-hybridized carbons (Fsp3) is 0.545. The molecule has 0 bridgehead atoms. The smallest absolute Gasteiger partial charge is 0.450 e. The Morgan fingerprint density at radius 1 is 1.24 bits per heavy atom. The lowest BCUT2D eigenvalue weighted by Gasteiger charge is -2.31. The molecule has 1 saturated heterocycles.